The fourth-order valence-electron chi connectivity index (χ4n) is 3.62. The van der Waals surface area contributed by atoms with Crippen LogP contribution in [0.1, 0.15) is 36.0 Å². The Morgan fingerprint density at radius 1 is 1.27 bits per heavy atom. The Kier molecular flexibility index (Phi) is 8.33. The van der Waals surface area contributed by atoms with Crippen LogP contribution < -0.4 is 20.5 Å². The highest BCUT2D eigenvalue weighted by atomic mass is 32.1. The van der Waals surface area contributed by atoms with Gasteiger partial charge in [0.25, 0.3) is 0 Å². The molecule has 0 bridgehead atoms. The van der Waals surface area contributed by atoms with Gasteiger partial charge in [0.1, 0.15) is 0 Å². The molecule has 0 amide bonds. The number of aliphatic imine (C=N–C) groups is 1. The van der Waals surface area contributed by atoms with Crippen LogP contribution in [0.4, 0.5) is 0 Å². The molecule has 1 aliphatic rings. The highest BCUT2D eigenvalue weighted by molar-refractivity contribution is 7.09. The standard InChI is InChI=1S/C22H33N5O2S/c1-4-21-26-18(15-30-21)14-27-9-7-16(8-10-27)12-24-22(23)25-13-17-5-6-19(28-2)20(11-17)29-3/h5-6,11,15-16H,4,7-10,12-14H2,1-3H3,(H3,23,24,25). The molecule has 0 unspecified atom stereocenters. The summed E-state index contributed by atoms with van der Waals surface area (Å²) in [5.74, 6) is 2.52. The lowest BCUT2D eigenvalue weighted by molar-refractivity contribution is 0.176. The first-order valence-corrected chi connectivity index (χ1v) is 11.4. The number of aromatic nitrogens is 1. The molecule has 3 N–H and O–H groups in total. The van der Waals surface area contributed by atoms with Crippen molar-refractivity contribution in [3.05, 3.63) is 39.8 Å². The summed E-state index contributed by atoms with van der Waals surface area (Å²) >= 11 is 1.77. The number of aryl methyl sites for hydroxylation is 1. The molecule has 0 spiro atoms. The summed E-state index contributed by atoms with van der Waals surface area (Å²) in [6.45, 7) is 6.70. The van der Waals surface area contributed by atoms with Gasteiger partial charge in [-0.15, -0.1) is 11.3 Å². The number of guanidine groups is 1. The Balaban J connectivity index is 1.39. The predicted octanol–water partition coefficient (Wildman–Crippen LogP) is 3.04. The van der Waals surface area contributed by atoms with Crippen LogP contribution in [0.15, 0.2) is 28.6 Å². The summed E-state index contributed by atoms with van der Waals surface area (Å²) < 4.78 is 10.6. The molecular weight excluding hydrogens is 398 g/mol. The Bertz CT molecular complexity index is 831. The molecule has 8 heteroatoms. The molecule has 2 heterocycles. The van der Waals surface area contributed by atoms with E-state index in [0.717, 1.165) is 38.2 Å². The Morgan fingerprint density at radius 2 is 2.03 bits per heavy atom. The van der Waals surface area contributed by atoms with Gasteiger partial charge < -0.3 is 20.5 Å². The molecule has 1 aromatic carbocycles. The lowest BCUT2D eigenvalue weighted by Crippen LogP contribution is -2.40. The van der Waals surface area contributed by atoms with E-state index in [2.05, 4.69) is 32.5 Å². The fourth-order valence-corrected chi connectivity index (χ4v) is 4.36. The lowest BCUT2D eigenvalue weighted by atomic mass is 9.97. The minimum absolute atomic E-state index is 0.488. The van der Waals surface area contributed by atoms with Crippen molar-refractivity contribution in [3.63, 3.8) is 0 Å². The fraction of sp³-hybridized carbons (Fsp3) is 0.545. The molecule has 30 heavy (non-hydrogen) atoms. The number of benzene rings is 1. The molecule has 1 aliphatic heterocycles. The third-order valence-corrected chi connectivity index (χ3v) is 6.49. The normalized spacial score (nSPS) is 15.9. The number of piperidine rings is 1. The number of nitrogens with zero attached hydrogens (tertiary/aromatic N) is 3. The van der Waals surface area contributed by atoms with E-state index in [0.29, 0.717) is 29.9 Å². The first kappa shape index (κ1) is 22.4. The van der Waals surface area contributed by atoms with Gasteiger partial charge in [-0.25, -0.2) is 9.98 Å². The van der Waals surface area contributed by atoms with E-state index in [9.17, 15) is 0 Å². The molecule has 1 aromatic heterocycles. The van der Waals surface area contributed by atoms with Gasteiger partial charge in [-0.05, 0) is 56.0 Å². The maximum absolute atomic E-state index is 6.08. The van der Waals surface area contributed by atoms with E-state index in [4.69, 9.17) is 15.2 Å². The lowest BCUT2D eigenvalue weighted by Gasteiger charge is -2.31. The first-order valence-electron chi connectivity index (χ1n) is 10.5. The van der Waals surface area contributed by atoms with Crippen LogP contribution in [-0.2, 0) is 19.5 Å². The van der Waals surface area contributed by atoms with Crippen molar-refractivity contribution in [3.8, 4) is 11.5 Å². The van der Waals surface area contributed by atoms with E-state index >= 15 is 0 Å². The number of hydrogen-bond donors (Lipinski definition) is 2. The smallest absolute Gasteiger partial charge is 0.188 e. The Labute approximate surface area is 183 Å². The molecule has 1 saturated heterocycles. The van der Waals surface area contributed by atoms with E-state index in [1.807, 2.05) is 18.2 Å². The zero-order valence-corrected chi connectivity index (χ0v) is 19.0. The van der Waals surface area contributed by atoms with Gasteiger partial charge in [-0.2, -0.15) is 0 Å². The van der Waals surface area contributed by atoms with Crippen LogP contribution in [0.2, 0.25) is 0 Å². The van der Waals surface area contributed by atoms with Gasteiger partial charge in [0.2, 0.25) is 0 Å². The van der Waals surface area contributed by atoms with Gasteiger partial charge in [0.15, 0.2) is 17.5 Å². The minimum atomic E-state index is 0.488. The van der Waals surface area contributed by atoms with Gasteiger partial charge in [0.05, 0.1) is 31.5 Å². The summed E-state index contributed by atoms with van der Waals surface area (Å²) in [5.41, 5.74) is 8.31. The second kappa shape index (κ2) is 11.2. The summed E-state index contributed by atoms with van der Waals surface area (Å²) in [4.78, 5) is 11.6. The number of likely N-dealkylation sites (tertiary alicyclic amines) is 1. The van der Waals surface area contributed by atoms with Crippen molar-refractivity contribution >= 4 is 17.3 Å². The van der Waals surface area contributed by atoms with E-state index in [1.54, 1.807) is 25.6 Å². The SMILES string of the molecule is CCc1nc(CN2CCC(CNC(N)=NCc3ccc(OC)c(OC)c3)CC2)cs1. The molecule has 1 fully saturated rings. The highest BCUT2D eigenvalue weighted by Gasteiger charge is 2.20. The van der Waals surface area contributed by atoms with Crippen LogP contribution in [0.25, 0.3) is 0 Å². The van der Waals surface area contributed by atoms with E-state index in [-0.39, 0.29) is 0 Å². The largest absolute Gasteiger partial charge is 0.493 e. The number of nitrogens with two attached hydrogens (primary N) is 1. The quantitative estimate of drug-likeness (QED) is 0.469. The maximum atomic E-state index is 6.08. The summed E-state index contributed by atoms with van der Waals surface area (Å²) in [7, 11) is 3.26. The number of methoxy groups -OCH3 is 2. The van der Waals surface area contributed by atoms with Crippen molar-refractivity contribution in [2.24, 2.45) is 16.6 Å². The van der Waals surface area contributed by atoms with Crippen molar-refractivity contribution in [2.45, 2.75) is 39.3 Å². The zero-order valence-electron chi connectivity index (χ0n) is 18.2. The van der Waals surface area contributed by atoms with Gasteiger partial charge in [-0.3, -0.25) is 4.90 Å². The van der Waals surface area contributed by atoms with Crippen molar-refractivity contribution in [1.29, 1.82) is 0 Å². The first-order chi connectivity index (χ1) is 14.6. The van der Waals surface area contributed by atoms with Crippen LogP contribution in [-0.4, -0.2) is 49.7 Å². The molecule has 0 atom stereocenters. The number of ether oxygens (including phenoxy) is 2. The number of rotatable bonds is 9. The van der Waals surface area contributed by atoms with Crippen molar-refractivity contribution < 1.29 is 9.47 Å². The van der Waals surface area contributed by atoms with Crippen LogP contribution in [0.3, 0.4) is 0 Å². The molecule has 0 saturated carbocycles. The van der Waals surface area contributed by atoms with E-state index < -0.39 is 0 Å². The molecule has 164 valence electrons. The van der Waals surface area contributed by atoms with Gasteiger partial charge >= 0.3 is 0 Å². The average molecular weight is 432 g/mol. The van der Waals surface area contributed by atoms with Gasteiger partial charge in [0, 0.05) is 18.5 Å². The highest BCUT2D eigenvalue weighted by Crippen LogP contribution is 2.27. The van der Waals surface area contributed by atoms with Crippen LogP contribution in [0, 0.1) is 5.92 Å². The molecular formula is C22H33N5O2S. The maximum Gasteiger partial charge on any atom is 0.188 e. The third-order valence-electron chi connectivity index (χ3n) is 5.45. The van der Waals surface area contributed by atoms with Crippen molar-refractivity contribution in [2.75, 3.05) is 33.9 Å². The van der Waals surface area contributed by atoms with Crippen LogP contribution in [0.5, 0.6) is 11.5 Å². The molecule has 3 rings (SSSR count). The molecule has 0 aliphatic carbocycles. The summed E-state index contributed by atoms with van der Waals surface area (Å²) in [5, 5.41) is 6.72. The minimum Gasteiger partial charge on any atom is -0.493 e. The van der Waals surface area contributed by atoms with E-state index in [1.165, 1.54) is 23.5 Å². The number of hydrogen-bond acceptors (Lipinski definition) is 6. The average Bonchev–Trinajstić information content (AvgIpc) is 3.24. The summed E-state index contributed by atoms with van der Waals surface area (Å²) in [6.07, 6.45) is 3.36. The van der Waals surface area contributed by atoms with Crippen molar-refractivity contribution in [1.82, 2.24) is 15.2 Å². The molecule has 7 nitrogen and oxygen atoms in total. The second-order valence-corrected chi connectivity index (χ2v) is 8.52. The third kappa shape index (κ3) is 6.34. The second-order valence-electron chi connectivity index (χ2n) is 7.58. The topological polar surface area (TPSA) is 85.0 Å². The molecule has 2 aromatic rings. The predicted molar refractivity (Wildman–Crippen MR) is 122 cm³/mol. The van der Waals surface area contributed by atoms with Gasteiger partial charge in [-0.1, -0.05) is 13.0 Å². The Morgan fingerprint density at radius 3 is 2.70 bits per heavy atom. The number of thiazole rings is 1. The molecule has 0 radical (unpaired) electrons. The van der Waals surface area contributed by atoms with Crippen LogP contribution >= 0.6 is 11.3 Å². The Hall–Kier alpha value is -2.32. The number of nitrogens with one attached hydrogen (secondary N) is 1. The summed E-state index contributed by atoms with van der Waals surface area (Å²) in [6, 6.07) is 5.78. The monoisotopic (exact) mass is 431 g/mol. The zero-order chi connectivity index (χ0) is 21.3.